The Morgan fingerprint density at radius 1 is 1.25 bits per heavy atom. The molecule has 0 spiro atoms. The average molecular weight is 239 g/mol. The van der Waals surface area contributed by atoms with Crippen LogP contribution in [0.3, 0.4) is 0 Å². The largest absolute Gasteiger partial charge is 0.492 e. The minimum absolute atomic E-state index is 0.647. The van der Waals surface area contributed by atoms with Gasteiger partial charge in [-0.3, -0.25) is 0 Å². The van der Waals surface area contributed by atoms with E-state index in [0.29, 0.717) is 12.5 Å². The smallest absolute Gasteiger partial charge is 0.141 e. The molecule has 0 N–H and O–H groups in total. The Balaban J connectivity index is 2.27. The van der Waals surface area contributed by atoms with Crippen molar-refractivity contribution in [2.24, 2.45) is 0 Å². The van der Waals surface area contributed by atoms with Gasteiger partial charge in [0, 0.05) is 0 Å². The van der Waals surface area contributed by atoms with Gasteiger partial charge in [0.15, 0.2) is 0 Å². The van der Waals surface area contributed by atoms with E-state index < -0.39 is 0 Å². The highest BCUT2D eigenvalue weighted by Gasteiger charge is 2.20. The van der Waals surface area contributed by atoms with Crippen molar-refractivity contribution >= 4 is 11.6 Å². The third-order valence-electron chi connectivity index (χ3n) is 3.33. The maximum atomic E-state index is 6.20. The zero-order valence-electron chi connectivity index (χ0n) is 9.84. The van der Waals surface area contributed by atoms with Crippen molar-refractivity contribution in [1.29, 1.82) is 0 Å². The Kier molecular flexibility index (Phi) is 4.11. The van der Waals surface area contributed by atoms with Crippen LogP contribution < -0.4 is 4.74 Å². The van der Waals surface area contributed by atoms with E-state index in [2.05, 4.69) is 6.07 Å². The van der Waals surface area contributed by atoms with E-state index in [9.17, 15) is 0 Å². The average Bonchev–Trinajstić information content (AvgIpc) is 2.33. The highest BCUT2D eigenvalue weighted by Crippen LogP contribution is 2.40. The molecule has 0 heterocycles. The topological polar surface area (TPSA) is 9.23 Å². The van der Waals surface area contributed by atoms with Gasteiger partial charge in [-0.25, -0.2) is 0 Å². The van der Waals surface area contributed by atoms with Gasteiger partial charge >= 0.3 is 0 Å². The molecule has 0 aromatic heterocycles. The van der Waals surface area contributed by atoms with Crippen LogP contribution in [0.5, 0.6) is 5.75 Å². The SMILES string of the molecule is CCOc1c(Cl)cccc1C1CCCCC1. The lowest BCUT2D eigenvalue weighted by Gasteiger charge is -2.24. The number of halogens is 1. The summed E-state index contributed by atoms with van der Waals surface area (Å²) >= 11 is 6.20. The van der Waals surface area contributed by atoms with E-state index in [1.165, 1.54) is 37.7 Å². The Morgan fingerprint density at radius 2 is 2.00 bits per heavy atom. The molecule has 1 aromatic carbocycles. The monoisotopic (exact) mass is 238 g/mol. The molecule has 0 aliphatic heterocycles. The summed E-state index contributed by atoms with van der Waals surface area (Å²) in [6.07, 6.45) is 6.60. The third-order valence-corrected chi connectivity index (χ3v) is 3.63. The van der Waals surface area contributed by atoms with Crippen LogP contribution in [0.2, 0.25) is 5.02 Å². The lowest BCUT2D eigenvalue weighted by Crippen LogP contribution is -2.07. The van der Waals surface area contributed by atoms with Crippen molar-refractivity contribution in [3.05, 3.63) is 28.8 Å². The number of para-hydroxylation sites is 1. The summed E-state index contributed by atoms with van der Waals surface area (Å²) in [6, 6.07) is 6.13. The summed E-state index contributed by atoms with van der Waals surface area (Å²) in [5.74, 6) is 1.56. The van der Waals surface area contributed by atoms with Crippen LogP contribution in [-0.4, -0.2) is 6.61 Å². The second kappa shape index (κ2) is 5.58. The van der Waals surface area contributed by atoms with Crippen LogP contribution in [0, 0.1) is 0 Å². The Morgan fingerprint density at radius 3 is 2.69 bits per heavy atom. The first-order valence-corrected chi connectivity index (χ1v) is 6.62. The summed E-state index contributed by atoms with van der Waals surface area (Å²) < 4.78 is 5.69. The van der Waals surface area contributed by atoms with E-state index in [1.807, 2.05) is 19.1 Å². The van der Waals surface area contributed by atoms with Crippen molar-refractivity contribution in [2.45, 2.75) is 44.9 Å². The molecular formula is C14H19ClO. The van der Waals surface area contributed by atoms with Crippen LogP contribution in [0.25, 0.3) is 0 Å². The van der Waals surface area contributed by atoms with Gasteiger partial charge in [-0.2, -0.15) is 0 Å². The molecular weight excluding hydrogens is 220 g/mol. The molecule has 2 rings (SSSR count). The van der Waals surface area contributed by atoms with Crippen molar-refractivity contribution in [3.8, 4) is 5.75 Å². The predicted octanol–water partition coefficient (Wildman–Crippen LogP) is 4.79. The van der Waals surface area contributed by atoms with Crippen LogP contribution in [0.15, 0.2) is 18.2 Å². The van der Waals surface area contributed by atoms with Gasteiger partial charge in [0.1, 0.15) is 5.75 Å². The third kappa shape index (κ3) is 2.52. The number of rotatable bonds is 3. The molecule has 1 aromatic rings. The lowest BCUT2D eigenvalue weighted by molar-refractivity contribution is 0.328. The first-order chi connectivity index (χ1) is 7.83. The van der Waals surface area contributed by atoms with Crippen LogP contribution in [-0.2, 0) is 0 Å². The van der Waals surface area contributed by atoms with Gasteiger partial charge < -0.3 is 4.74 Å². The molecule has 0 atom stereocenters. The van der Waals surface area contributed by atoms with Crippen LogP contribution in [0.1, 0.15) is 50.5 Å². The van der Waals surface area contributed by atoms with Gasteiger partial charge in [0.2, 0.25) is 0 Å². The second-order valence-electron chi connectivity index (χ2n) is 4.43. The van der Waals surface area contributed by atoms with E-state index in [1.54, 1.807) is 0 Å². The molecule has 0 bridgehead atoms. The first-order valence-electron chi connectivity index (χ1n) is 6.24. The van der Waals surface area contributed by atoms with Gasteiger partial charge in [-0.1, -0.05) is 43.0 Å². The van der Waals surface area contributed by atoms with Crippen molar-refractivity contribution in [3.63, 3.8) is 0 Å². The minimum atomic E-state index is 0.647. The first kappa shape index (κ1) is 11.8. The standard InChI is InChI=1S/C14H19ClO/c1-2-16-14-12(9-6-10-13(14)15)11-7-4-3-5-8-11/h6,9-11H,2-5,7-8H2,1H3. The highest BCUT2D eigenvalue weighted by molar-refractivity contribution is 6.32. The van der Waals surface area contributed by atoms with Crippen molar-refractivity contribution in [1.82, 2.24) is 0 Å². The Bertz CT molecular complexity index is 343. The highest BCUT2D eigenvalue weighted by atomic mass is 35.5. The molecule has 1 saturated carbocycles. The number of hydrogen-bond acceptors (Lipinski definition) is 1. The summed E-state index contributed by atoms with van der Waals surface area (Å²) in [6.45, 7) is 2.69. The van der Waals surface area contributed by atoms with E-state index in [0.717, 1.165) is 10.8 Å². The zero-order valence-corrected chi connectivity index (χ0v) is 10.6. The van der Waals surface area contributed by atoms with E-state index in [4.69, 9.17) is 16.3 Å². The molecule has 88 valence electrons. The molecule has 0 saturated heterocycles. The molecule has 1 aliphatic carbocycles. The molecule has 0 radical (unpaired) electrons. The van der Waals surface area contributed by atoms with Crippen molar-refractivity contribution < 1.29 is 4.74 Å². The summed E-state index contributed by atoms with van der Waals surface area (Å²) in [7, 11) is 0. The molecule has 16 heavy (non-hydrogen) atoms. The molecule has 1 nitrogen and oxygen atoms in total. The zero-order chi connectivity index (χ0) is 11.4. The quantitative estimate of drug-likeness (QED) is 0.736. The molecule has 1 fully saturated rings. The second-order valence-corrected chi connectivity index (χ2v) is 4.83. The number of benzene rings is 1. The number of hydrogen-bond donors (Lipinski definition) is 0. The normalized spacial score (nSPS) is 17.4. The van der Waals surface area contributed by atoms with Crippen LogP contribution in [0.4, 0.5) is 0 Å². The maximum Gasteiger partial charge on any atom is 0.141 e. The molecule has 1 aliphatic rings. The number of ether oxygens (including phenoxy) is 1. The fraction of sp³-hybridized carbons (Fsp3) is 0.571. The maximum absolute atomic E-state index is 6.20. The van der Waals surface area contributed by atoms with Gasteiger partial charge in [0.05, 0.1) is 11.6 Å². The fourth-order valence-electron chi connectivity index (χ4n) is 2.56. The Labute approximate surface area is 103 Å². The van der Waals surface area contributed by atoms with Gasteiger partial charge in [0.25, 0.3) is 0 Å². The fourth-order valence-corrected chi connectivity index (χ4v) is 2.79. The van der Waals surface area contributed by atoms with E-state index >= 15 is 0 Å². The molecule has 0 unspecified atom stereocenters. The summed E-state index contributed by atoms with van der Waals surface area (Å²) in [4.78, 5) is 0. The molecule has 0 amide bonds. The summed E-state index contributed by atoms with van der Waals surface area (Å²) in [5.41, 5.74) is 1.31. The lowest BCUT2D eigenvalue weighted by atomic mass is 9.84. The molecule has 2 heteroatoms. The van der Waals surface area contributed by atoms with E-state index in [-0.39, 0.29) is 0 Å². The summed E-state index contributed by atoms with van der Waals surface area (Å²) in [5, 5.41) is 0.755. The van der Waals surface area contributed by atoms with Gasteiger partial charge in [-0.15, -0.1) is 0 Å². The van der Waals surface area contributed by atoms with Crippen LogP contribution >= 0.6 is 11.6 Å². The predicted molar refractivity (Wildman–Crippen MR) is 68.4 cm³/mol. The Hall–Kier alpha value is -0.690. The van der Waals surface area contributed by atoms with Gasteiger partial charge in [-0.05, 0) is 37.3 Å². The minimum Gasteiger partial charge on any atom is -0.492 e. The van der Waals surface area contributed by atoms with Crippen molar-refractivity contribution in [2.75, 3.05) is 6.61 Å².